The van der Waals surface area contributed by atoms with E-state index in [2.05, 4.69) is 5.32 Å². The first-order chi connectivity index (χ1) is 10.6. The van der Waals surface area contributed by atoms with Crippen LogP contribution in [0.5, 0.6) is 0 Å². The molecule has 0 aromatic heterocycles. The normalized spacial score (nSPS) is 30.9. The highest BCUT2D eigenvalue weighted by atomic mass is 16.6. The first-order valence-electron chi connectivity index (χ1n) is 7.80. The van der Waals surface area contributed by atoms with Crippen molar-refractivity contribution in [1.29, 1.82) is 0 Å². The van der Waals surface area contributed by atoms with Gasteiger partial charge >= 0.3 is 5.97 Å². The summed E-state index contributed by atoms with van der Waals surface area (Å²) >= 11 is 0. The van der Waals surface area contributed by atoms with E-state index in [0.29, 0.717) is 24.1 Å². The number of esters is 1. The Labute approximate surface area is 135 Å². The molecular weight excluding hydrogens is 294 g/mol. The number of benzene rings is 1. The maximum atomic E-state index is 12.9. The number of anilines is 1. The Balaban J connectivity index is 1.86. The summed E-state index contributed by atoms with van der Waals surface area (Å²) in [4.78, 5) is 36.4. The molecule has 2 fully saturated rings. The molecule has 1 saturated carbocycles. The van der Waals surface area contributed by atoms with Gasteiger partial charge in [0.1, 0.15) is 0 Å². The van der Waals surface area contributed by atoms with Gasteiger partial charge in [0.15, 0.2) is 11.4 Å². The fourth-order valence-corrected chi connectivity index (χ4v) is 3.77. The van der Waals surface area contributed by atoms with Crippen LogP contribution in [0.1, 0.15) is 50.9 Å². The Morgan fingerprint density at radius 2 is 1.70 bits per heavy atom. The molecule has 1 aromatic carbocycles. The number of hydrogen-bond donors (Lipinski definition) is 1. The molecule has 1 aromatic rings. The van der Waals surface area contributed by atoms with Gasteiger partial charge in [0.25, 0.3) is 5.91 Å². The van der Waals surface area contributed by atoms with Gasteiger partial charge in [0.2, 0.25) is 0 Å². The topological polar surface area (TPSA) is 72.5 Å². The van der Waals surface area contributed by atoms with Crippen molar-refractivity contribution in [2.45, 2.75) is 46.1 Å². The van der Waals surface area contributed by atoms with Crippen LogP contribution in [0, 0.1) is 10.8 Å². The van der Waals surface area contributed by atoms with Crippen molar-refractivity contribution < 1.29 is 19.1 Å². The van der Waals surface area contributed by atoms with Crippen molar-refractivity contribution in [3.8, 4) is 0 Å². The van der Waals surface area contributed by atoms with Crippen LogP contribution in [0.4, 0.5) is 5.69 Å². The van der Waals surface area contributed by atoms with Crippen LogP contribution in [0.15, 0.2) is 24.3 Å². The third-order valence-electron chi connectivity index (χ3n) is 6.00. The number of hydrogen-bond acceptors (Lipinski definition) is 4. The predicted octanol–water partition coefficient (Wildman–Crippen LogP) is 2.95. The second kappa shape index (κ2) is 4.66. The number of ether oxygens (including phenoxy) is 1. The Bertz CT molecular complexity index is 706. The van der Waals surface area contributed by atoms with E-state index in [1.54, 1.807) is 24.3 Å². The molecule has 1 heterocycles. The van der Waals surface area contributed by atoms with E-state index in [9.17, 15) is 14.4 Å². The van der Waals surface area contributed by atoms with Gasteiger partial charge in [-0.15, -0.1) is 0 Å². The number of rotatable bonds is 3. The molecule has 0 radical (unpaired) electrons. The lowest BCUT2D eigenvalue weighted by Crippen LogP contribution is -2.50. The lowest BCUT2D eigenvalue weighted by Gasteiger charge is -2.35. The molecule has 1 aliphatic heterocycles. The third kappa shape index (κ3) is 1.89. The minimum atomic E-state index is -1.13. The van der Waals surface area contributed by atoms with E-state index in [-0.39, 0.29) is 17.7 Å². The molecule has 2 atom stereocenters. The molecule has 1 aliphatic carbocycles. The number of ketones is 1. The molecule has 2 aliphatic rings. The van der Waals surface area contributed by atoms with E-state index in [1.807, 2.05) is 20.8 Å². The summed E-state index contributed by atoms with van der Waals surface area (Å²) < 4.78 is 5.56. The molecule has 0 unspecified atom stereocenters. The fraction of sp³-hybridized carbons (Fsp3) is 0.500. The number of carbonyl (C=O) groups excluding carboxylic acids is 3. The highest BCUT2D eigenvalue weighted by Crippen LogP contribution is 2.65. The first-order valence-corrected chi connectivity index (χ1v) is 7.80. The third-order valence-corrected chi connectivity index (χ3v) is 6.00. The molecule has 3 rings (SSSR count). The number of nitrogens with one attached hydrogen (secondary N) is 1. The average molecular weight is 315 g/mol. The van der Waals surface area contributed by atoms with Crippen molar-refractivity contribution in [2.75, 3.05) is 5.32 Å². The summed E-state index contributed by atoms with van der Waals surface area (Å²) in [5, 5.41) is 2.83. The van der Waals surface area contributed by atoms with E-state index in [1.165, 1.54) is 6.92 Å². The Kier molecular flexibility index (Phi) is 3.19. The minimum absolute atomic E-state index is 0.0288. The number of Topliss-reactive ketones (excluding diaryl/α,β-unsaturated/α-hetero) is 1. The molecule has 5 nitrogen and oxygen atoms in total. The highest BCUT2D eigenvalue weighted by molar-refractivity contribution is 6.03. The zero-order chi connectivity index (χ0) is 17.0. The predicted molar refractivity (Wildman–Crippen MR) is 85.0 cm³/mol. The van der Waals surface area contributed by atoms with Gasteiger partial charge in [-0.1, -0.05) is 13.8 Å². The molecule has 1 N–H and O–H groups in total. The summed E-state index contributed by atoms with van der Waals surface area (Å²) in [6.07, 6.45) is 1.18. The van der Waals surface area contributed by atoms with Crippen LogP contribution in [0.2, 0.25) is 0 Å². The maximum absolute atomic E-state index is 12.9. The van der Waals surface area contributed by atoms with Gasteiger partial charge in [0.05, 0.1) is 5.41 Å². The molecule has 5 heteroatoms. The smallest absolute Gasteiger partial charge is 0.313 e. The molecule has 23 heavy (non-hydrogen) atoms. The van der Waals surface area contributed by atoms with Gasteiger partial charge < -0.3 is 10.1 Å². The van der Waals surface area contributed by atoms with E-state index in [4.69, 9.17) is 4.74 Å². The fourth-order valence-electron chi connectivity index (χ4n) is 3.77. The van der Waals surface area contributed by atoms with Crippen molar-refractivity contribution in [2.24, 2.45) is 10.8 Å². The van der Waals surface area contributed by atoms with Gasteiger partial charge in [0, 0.05) is 16.7 Å². The first kappa shape index (κ1) is 15.7. The standard InChI is InChI=1S/C18H21NO4/c1-11(20)12-5-7-13(8-6-12)19-14(21)18-10-9-17(4,15(22)23-18)16(18,2)3/h5-8H,9-10H2,1-4H3,(H,19,21)/t17-,18+/m1/s1. The van der Waals surface area contributed by atoms with Gasteiger partial charge in [-0.25, -0.2) is 0 Å². The number of fused-ring (bicyclic) bond motifs is 2. The van der Waals surface area contributed by atoms with Crippen LogP contribution < -0.4 is 5.32 Å². The monoisotopic (exact) mass is 315 g/mol. The van der Waals surface area contributed by atoms with Crippen LogP contribution in [0.25, 0.3) is 0 Å². The maximum Gasteiger partial charge on any atom is 0.313 e. The van der Waals surface area contributed by atoms with E-state index in [0.717, 1.165) is 0 Å². The Morgan fingerprint density at radius 3 is 2.13 bits per heavy atom. The van der Waals surface area contributed by atoms with E-state index >= 15 is 0 Å². The van der Waals surface area contributed by atoms with Crippen LogP contribution in [-0.2, 0) is 14.3 Å². The van der Waals surface area contributed by atoms with Gasteiger partial charge in [-0.05, 0) is 51.0 Å². The molecule has 122 valence electrons. The zero-order valence-electron chi connectivity index (χ0n) is 13.9. The van der Waals surface area contributed by atoms with Crippen LogP contribution in [-0.4, -0.2) is 23.3 Å². The second-order valence-electron chi connectivity index (χ2n) is 7.26. The van der Waals surface area contributed by atoms with Crippen LogP contribution >= 0.6 is 0 Å². The molecule has 1 amide bonds. The second-order valence-corrected chi connectivity index (χ2v) is 7.26. The summed E-state index contributed by atoms with van der Waals surface area (Å²) in [5.41, 5.74) is -1.15. The number of amides is 1. The zero-order valence-corrected chi connectivity index (χ0v) is 13.9. The van der Waals surface area contributed by atoms with Crippen molar-refractivity contribution >= 4 is 23.3 Å². The summed E-state index contributed by atoms with van der Waals surface area (Å²) in [6.45, 7) is 7.21. The molecular formula is C18H21NO4. The molecule has 2 bridgehead atoms. The van der Waals surface area contributed by atoms with Gasteiger partial charge in [-0.3, -0.25) is 14.4 Å². The SMILES string of the molecule is CC(=O)c1ccc(NC(=O)[C@]23CC[C@](C)(C(=O)O2)C3(C)C)cc1. The lowest BCUT2D eigenvalue weighted by atomic mass is 9.66. The van der Waals surface area contributed by atoms with E-state index < -0.39 is 16.4 Å². The quantitative estimate of drug-likeness (QED) is 0.687. The highest BCUT2D eigenvalue weighted by Gasteiger charge is 2.75. The Morgan fingerprint density at radius 1 is 1.09 bits per heavy atom. The summed E-state index contributed by atoms with van der Waals surface area (Å²) in [6, 6.07) is 6.70. The number of carbonyl (C=O) groups is 3. The Hall–Kier alpha value is -2.17. The summed E-state index contributed by atoms with van der Waals surface area (Å²) in [7, 11) is 0. The van der Waals surface area contributed by atoms with Crippen molar-refractivity contribution in [1.82, 2.24) is 0 Å². The largest absolute Gasteiger partial charge is 0.448 e. The molecule has 1 saturated heterocycles. The summed E-state index contributed by atoms with van der Waals surface area (Å²) in [5.74, 6) is -0.623. The molecule has 0 spiro atoms. The van der Waals surface area contributed by atoms with Gasteiger partial charge in [-0.2, -0.15) is 0 Å². The minimum Gasteiger partial charge on any atom is -0.448 e. The van der Waals surface area contributed by atoms with Crippen molar-refractivity contribution in [3.05, 3.63) is 29.8 Å². The van der Waals surface area contributed by atoms with Crippen molar-refractivity contribution in [3.63, 3.8) is 0 Å². The lowest BCUT2D eigenvalue weighted by molar-refractivity contribution is -0.165. The van der Waals surface area contributed by atoms with Crippen LogP contribution in [0.3, 0.4) is 0 Å². The average Bonchev–Trinajstić information content (AvgIpc) is 2.78.